The molecule has 0 spiro atoms. The fourth-order valence-electron chi connectivity index (χ4n) is 3.30. The summed E-state index contributed by atoms with van der Waals surface area (Å²) in [5.74, 6) is -0.786. The van der Waals surface area contributed by atoms with Crippen molar-refractivity contribution < 1.29 is 18.3 Å². The number of carboxylic acids is 1. The average Bonchev–Trinajstić information content (AvgIpc) is 2.62. The van der Waals surface area contributed by atoms with Gasteiger partial charge in [0.2, 0.25) is 10.0 Å². The number of nitrogens with zero attached hydrogens (tertiary/aromatic N) is 3. The van der Waals surface area contributed by atoms with Crippen LogP contribution in [0.4, 0.5) is 0 Å². The zero-order valence-electron chi connectivity index (χ0n) is 14.5. The highest BCUT2D eigenvalue weighted by Gasteiger charge is 2.27. The van der Waals surface area contributed by atoms with Gasteiger partial charge in [-0.05, 0) is 37.3 Å². The van der Waals surface area contributed by atoms with Crippen molar-refractivity contribution in [2.24, 2.45) is 5.92 Å². The molecule has 138 valence electrons. The van der Waals surface area contributed by atoms with E-state index in [2.05, 4.69) is 9.97 Å². The van der Waals surface area contributed by atoms with Crippen molar-refractivity contribution in [1.82, 2.24) is 14.3 Å². The number of hydrogen-bond donors (Lipinski definition) is 1. The average molecular weight is 375 g/mol. The largest absolute Gasteiger partial charge is 0.478 e. The zero-order valence-corrected chi connectivity index (χ0v) is 15.3. The molecule has 1 N–H and O–H groups in total. The molecule has 3 rings (SSSR count). The second-order valence-corrected chi connectivity index (χ2v) is 8.55. The standard InChI is InChI=1S/C18H21N3O4S/c1-26(24,25)21-10-2-3-13(12-21)11-16-17(20-9-8-19-16)14-4-6-15(7-5-14)18(22)23/h4-9,13H,2-3,10-12H2,1H3,(H,22,23). The summed E-state index contributed by atoms with van der Waals surface area (Å²) in [5.41, 5.74) is 2.53. The van der Waals surface area contributed by atoms with Gasteiger partial charge in [-0.1, -0.05) is 12.1 Å². The summed E-state index contributed by atoms with van der Waals surface area (Å²) in [5, 5.41) is 9.03. The molecule has 1 unspecified atom stereocenters. The van der Waals surface area contributed by atoms with Crippen molar-refractivity contribution in [3.05, 3.63) is 47.9 Å². The molecule has 1 saturated heterocycles. The summed E-state index contributed by atoms with van der Waals surface area (Å²) in [7, 11) is -3.18. The molecule has 2 heterocycles. The lowest BCUT2D eigenvalue weighted by Gasteiger charge is -2.31. The lowest BCUT2D eigenvalue weighted by atomic mass is 9.92. The van der Waals surface area contributed by atoms with Gasteiger partial charge < -0.3 is 5.11 Å². The number of benzene rings is 1. The van der Waals surface area contributed by atoms with Crippen molar-refractivity contribution in [2.75, 3.05) is 19.3 Å². The van der Waals surface area contributed by atoms with Crippen molar-refractivity contribution >= 4 is 16.0 Å². The van der Waals surface area contributed by atoms with Crippen LogP contribution in [0.1, 0.15) is 28.9 Å². The number of hydrogen-bond acceptors (Lipinski definition) is 5. The highest BCUT2D eigenvalue weighted by Crippen LogP contribution is 2.26. The second-order valence-electron chi connectivity index (χ2n) is 6.57. The summed E-state index contributed by atoms with van der Waals surface area (Å²) in [4.78, 5) is 19.9. The Balaban J connectivity index is 1.82. The van der Waals surface area contributed by atoms with E-state index in [1.807, 2.05) is 0 Å². The highest BCUT2D eigenvalue weighted by molar-refractivity contribution is 7.88. The normalized spacial score (nSPS) is 18.6. The van der Waals surface area contributed by atoms with E-state index in [-0.39, 0.29) is 11.5 Å². The number of carboxylic acid groups (broad SMARTS) is 1. The van der Waals surface area contributed by atoms with E-state index in [1.165, 1.54) is 10.6 Å². The first-order valence-electron chi connectivity index (χ1n) is 8.43. The molecule has 1 aromatic heterocycles. The van der Waals surface area contributed by atoms with Gasteiger partial charge in [-0.2, -0.15) is 0 Å². The van der Waals surface area contributed by atoms with Gasteiger partial charge in [-0.15, -0.1) is 0 Å². The molecule has 1 aliphatic heterocycles. The van der Waals surface area contributed by atoms with Crippen molar-refractivity contribution in [3.63, 3.8) is 0 Å². The molecule has 1 aromatic carbocycles. The minimum absolute atomic E-state index is 0.187. The van der Waals surface area contributed by atoms with Crippen LogP contribution in [0.15, 0.2) is 36.7 Å². The van der Waals surface area contributed by atoms with Crippen molar-refractivity contribution in [2.45, 2.75) is 19.3 Å². The van der Waals surface area contributed by atoms with Crippen LogP contribution in [0.3, 0.4) is 0 Å². The predicted molar refractivity (Wildman–Crippen MR) is 97.3 cm³/mol. The summed E-state index contributed by atoms with van der Waals surface area (Å²) < 4.78 is 25.1. The van der Waals surface area contributed by atoms with Crippen LogP contribution in [0.2, 0.25) is 0 Å². The van der Waals surface area contributed by atoms with E-state index in [0.717, 1.165) is 24.1 Å². The quantitative estimate of drug-likeness (QED) is 0.858. The summed E-state index contributed by atoms with van der Waals surface area (Å²) >= 11 is 0. The van der Waals surface area contributed by atoms with Gasteiger partial charge in [-0.25, -0.2) is 17.5 Å². The summed E-state index contributed by atoms with van der Waals surface area (Å²) in [6.45, 7) is 1.06. The first-order chi connectivity index (χ1) is 12.3. The zero-order chi connectivity index (χ0) is 18.7. The molecule has 1 aliphatic rings. The van der Waals surface area contributed by atoms with Gasteiger partial charge in [0.05, 0.1) is 23.2 Å². The molecule has 26 heavy (non-hydrogen) atoms. The number of sulfonamides is 1. The van der Waals surface area contributed by atoms with E-state index in [0.29, 0.717) is 25.2 Å². The van der Waals surface area contributed by atoms with Gasteiger partial charge in [-0.3, -0.25) is 9.97 Å². The highest BCUT2D eigenvalue weighted by atomic mass is 32.2. The van der Waals surface area contributed by atoms with Gasteiger partial charge >= 0.3 is 5.97 Å². The van der Waals surface area contributed by atoms with Crippen LogP contribution in [0.5, 0.6) is 0 Å². The molecule has 0 aliphatic carbocycles. The molecule has 2 aromatic rings. The minimum atomic E-state index is -3.18. The van der Waals surface area contributed by atoms with Crippen LogP contribution in [0.25, 0.3) is 11.3 Å². The van der Waals surface area contributed by atoms with E-state index in [1.54, 1.807) is 36.7 Å². The third kappa shape index (κ3) is 4.25. The molecule has 0 bridgehead atoms. The molecule has 0 saturated carbocycles. The van der Waals surface area contributed by atoms with Crippen LogP contribution in [-0.4, -0.2) is 53.1 Å². The van der Waals surface area contributed by atoms with Gasteiger partial charge in [0, 0.05) is 31.0 Å². The van der Waals surface area contributed by atoms with E-state index in [4.69, 9.17) is 5.11 Å². The summed E-state index contributed by atoms with van der Waals surface area (Å²) in [6.07, 6.45) is 6.89. The van der Waals surface area contributed by atoms with Crippen LogP contribution >= 0.6 is 0 Å². The van der Waals surface area contributed by atoms with Gasteiger partial charge in [0.15, 0.2) is 0 Å². The van der Waals surface area contributed by atoms with Crippen molar-refractivity contribution in [1.29, 1.82) is 0 Å². The second kappa shape index (κ2) is 7.51. The third-order valence-electron chi connectivity index (χ3n) is 4.61. The molecule has 0 radical (unpaired) electrons. The van der Waals surface area contributed by atoms with E-state index < -0.39 is 16.0 Å². The Bertz CT molecular complexity index is 897. The Morgan fingerprint density at radius 2 is 1.92 bits per heavy atom. The lowest BCUT2D eigenvalue weighted by Crippen LogP contribution is -2.39. The lowest BCUT2D eigenvalue weighted by molar-refractivity contribution is 0.0697. The molecule has 8 heteroatoms. The topological polar surface area (TPSA) is 100 Å². The fourth-order valence-corrected chi connectivity index (χ4v) is 4.24. The minimum Gasteiger partial charge on any atom is -0.478 e. The molecular weight excluding hydrogens is 354 g/mol. The molecular formula is C18H21N3O4S. The number of rotatable bonds is 5. The Kier molecular flexibility index (Phi) is 5.33. The van der Waals surface area contributed by atoms with Crippen LogP contribution in [-0.2, 0) is 16.4 Å². The first kappa shape index (κ1) is 18.5. The SMILES string of the molecule is CS(=O)(=O)N1CCCC(Cc2nccnc2-c2ccc(C(=O)O)cc2)C1. The maximum Gasteiger partial charge on any atom is 0.335 e. The van der Waals surface area contributed by atoms with Crippen molar-refractivity contribution in [3.8, 4) is 11.3 Å². The fraction of sp³-hybridized carbons (Fsp3) is 0.389. The Morgan fingerprint density at radius 1 is 1.23 bits per heavy atom. The predicted octanol–water partition coefficient (Wildman–Crippen LogP) is 2.06. The Labute approximate surface area is 152 Å². The molecule has 7 nitrogen and oxygen atoms in total. The van der Waals surface area contributed by atoms with Gasteiger partial charge in [0.25, 0.3) is 0 Å². The maximum absolute atomic E-state index is 11.8. The van der Waals surface area contributed by atoms with E-state index in [9.17, 15) is 13.2 Å². The first-order valence-corrected chi connectivity index (χ1v) is 10.3. The molecule has 1 fully saturated rings. The van der Waals surface area contributed by atoms with Crippen LogP contribution < -0.4 is 0 Å². The molecule has 0 amide bonds. The molecule has 1 atom stereocenters. The van der Waals surface area contributed by atoms with Gasteiger partial charge in [0.1, 0.15) is 0 Å². The number of carbonyl (C=O) groups is 1. The number of aromatic nitrogens is 2. The van der Waals surface area contributed by atoms with Crippen LogP contribution in [0, 0.1) is 5.92 Å². The third-order valence-corrected chi connectivity index (χ3v) is 5.88. The number of aromatic carboxylic acids is 1. The monoisotopic (exact) mass is 375 g/mol. The Hall–Kier alpha value is -2.32. The number of piperidine rings is 1. The summed E-state index contributed by atoms with van der Waals surface area (Å²) in [6, 6.07) is 6.53. The maximum atomic E-state index is 11.8. The Morgan fingerprint density at radius 3 is 2.58 bits per heavy atom. The van der Waals surface area contributed by atoms with E-state index >= 15 is 0 Å². The smallest absolute Gasteiger partial charge is 0.335 e.